The molecule has 1 aromatic rings. The van der Waals surface area contributed by atoms with Gasteiger partial charge >= 0.3 is 6.09 Å². The molecule has 0 unspecified atom stereocenters. The van der Waals surface area contributed by atoms with Crippen LogP contribution < -0.4 is 15.5 Å². The van der Waals surface area contributed by atoms with Gasteiger partial charge in [0.15, 0.2) is 0 Å². The van der Waals surface area contributed by atoms with Crippen molar-refractivity contribution >= 4 is 23.4 Å². The Morgan fingerprint density at radius 1 is 1.32 bits per heavy atom. The van der Waals surface area contributed by atoms with Gasteiger partial charge in [0.1, 0.15) is 6.10 Å². The third-order valence-electron chi connectivity index (χ3n) is 4.16. The largest absolute Gasteiger partial charge is 0.443 e. The van der Waals surface area contributed by atoms with Gasteiger partial charge < -0.3 is 15.4 Å². The molecule has 0 radical (unpaired) electrons. The van der Waals surface area contributed by atoms with Gasteiger partial charge in [-0.25, -0.2) is 4.79 Å². The summed E-state index contributed by atoms with van der Waals surface area (Å²) < 4.78 is 5.20. The first-order valence-electron chi connectivity index (χ1n) is 7.64. The zero-order chi connectivity index (χ0) is 15.9. The zero-order valence-electron chi connectivity index (χ0n) is 12.9. The van der Waals surface area contributed by atoms with Crippen LogP contribution in [-0.4, -0.2) is 37.2 Å². The topological polar surface area (TPSA) is 75.9 Å². The van der Waals surface area contributed by atoms with Crippen molar-refractivity contribution in [2.45, 2.75) is 38.8 Å². The number of hydrogen-bond donors (Lipinski definition) is 1. The van der Waals surface area contributed by atoms with Crippen molar-refractivity contribution in [3.63, 3.8) is 0 Å². The summed E-state index contributed by atoms with van der Waals surface area (Å²) in [5, 5.41) is 0. The minimum Gasteiger partial charge on any atom is -0.443 e. The van der Waals surface area contributed by atoms with E-state index in [1.807, 2.05) is 36.9 Å². The zero-order valence-corrected chi connectivity index (χ0v) is 12.9. The molecule has 3 rings (SSSR count). The first-order valence-corrected chi connectivity index (χ1v) is 7.64. The van der Waals surface area contributed by atoms with Crippen molar-refractivity contribution in [1.82, 2.24) is 0 Å². The third kappa shape index (κ3) is 2.43. The molecule has 1 atom stereocenters. The molecule has 1 fully saturated rings. The average molecular weight is 303 g/mol. The highest BCUT2D eigenvalue weighted by molar-refractivity contribution is 5.98. The molecule has 2 aliphatic heterocycles. The molecule has 118 valence electrons. The lowest BCUT2D eigenvalue weighted by Gasteiger charge is -2.33. The molecule has 22 heavy (non-hydrogen) atoms. The van der Waals surface area contributed by atoms with Gasteiger partial charge in [-0.2, -0.15) is 0 Å². The summed E-state index contributed by atoms with van der Waals surface area (Å²) in [6, 6.07) is 5.89. The van der Waals surface area contributed by atoms with E-state index < -0.39 is 0 Å². The summed E-state index contributed by atoms with van der Waals surface area (Å²) in [7, 11) is 0. The van der Waals surface area contributed by atoms with Crippen LogP contribution in [0.5, 0.6) is 0 Å². The highest BCUT2D eigenvalue weighted by Crippen LogP contribution is 2.33. The van der Waals surface area contributed by atoms with Crippen LogP contribution in [0.15, 0.2) is 18.2 Å². The number of cyclic esters (lactones) is 1. The Kier molecular flexibility index (Phi) is 3.78. The maximum absolute atomic E-state index is 12.1. The van der Waals surface area contributed by atoms with Crippen molar-refractivity contribution in [2.75, 3.05) is 22.9 Å². The molecule has 2 heterocycles. The van der Waals surface area contributed by atoms with Crippen LogP contribution >= 0.6 is 0 Å². The fourth-order valence-corrected chi connectivity index (χ4v) is 3.09. The minimum atomic E-state index is -0.358. The van der Waals surface area contributed by atoms with Gasteiger partial charge in [0.25, 0.3) is 0 Å². The maximum Gasteiger partial charge on any atom is 0.414 e. The second-order valence-electron chi connectivity index (χ2n) is 6.02. The molecular weight excluding hydrogens is 282 g/mol. The lowest BCUT2D eigenvalue weighted by molar-refractivity contribution is -0.119. The molecule has 0 aliphatic carbocycles. The van der Waals surface area contributed by atoms with Gasteiger partial charge in [0.2, 0.25) is 5.91 Å². The summed E-state index contributed by atoms with van der Waals surface area (Å²) in [4.78, 5) is 27.5. The van der Waals surface area contributed by atoms with Gasteiger partial charge in [0.05, 0.1) is 6.54 Å². The molecule has 6 heteroatoms. The Morgan fingerprint density at radius 3 is 2.73 bits per heavy atom. The number of hydrogen-bond acceptors (Lipinski definition) is 4. The SMILES string of the molecule is CC(C)N1C(=O)CCc2cc(N3C[C@H](CN)OC3=O)ccc21. The van der Waals surface area contributed by atoms with Crippen LogP contribution in [-0.2, 0) is 16.0 Å². The molecule has 0 aromatic heterocycles. The first-order chi connectivity index (χ1) is 10.5. The molecule has 6 nitrogen and oxygen atoms in total. The van der Waals surface area contributed by atoms with Gasteiger partial charge in [-0.15, -0.1) is 0 Å². The monoisotopic (exact) mass is 303 g/mol. The van der Waals surface area contributed by atoms with E-state index in [4.69, 9.17) is 10.5 Å². The van der Waals surface area contributed by atoms with Gasteiger partial charge in [0, 0.05) is 30.4 Å². The van der Waals surface area contributed by atoms with Crippen LogP contribution in [0, 0.1) is 0 Å². The fourth-order valence-electron chi connectivity index (χ4n) is 3.09. The Bertz CT molecular complexity index is 615. The van der Waals surface area contributed by atoms with E-state index in [1.165, 1.54) is 0 Å². The Morgan fingerprint density at radius 2 is 2.09 bits per heavy atom. The number of rotatable bonds is 3. The molecule has 1 aromatic carbocycles. The van der Waals surface area contributed by atoms with E-state index in [0.717, 1.165) is 16.9 Å². The summed E-state index contributed by atoms with van der Waals surface area (Å²) in [5.74, 6) is 0.152. The standard InChI is InChI=1S/C16H21N3O3/c1-10(2)19-14-5-4-12(7-11(14)3-6-15(19)20)18-9-13(8-17)22-16(18)21/h4-5,7,10,13H,3,6,8-9,17H2,1-2H3/t13-/m0/s1. The average Bonchev–Trinajstić information content (AvgIpc) is 2.87. The number of carbonyl (C=O) groups is 2. The highest BCUT2D eigenvalue weighted by atomic mass is 16.6. The van der Waals surface area contributed by atoms with Crippen LogP contribution in [0.25, 0.3) is 0 Å². The van der Waals surface area contributed by atoms with Crippen LogP contribution in [0.2, 0.25) is 0 Å². The van der Waals surface area contributed by atoms with Crippen molar-refractivity contribution < 1.29 is 14.3 Å². The number of aryl methyl sites for hydroxylation is 1. The molecule has 0 saturated carbocycles. The normalized spacial score (nSPS) is 21.4. The molecule has 0 bridgehead atoms. The summed E-state index contributed by atoms with van der Waals surface area (Å²) >= 11 is 0. The summed E-state index contributed by atoms with van der Waals surface area (Å²) in [5.41, 5.74) is 8.40. The predicted octanol–water partition coefficient (Wildman–Crippen LogP) is 1.66. The van der Waals surface area contributed by atoms with E-state index in [1.54, 1.807) is 4.90 Å². The number of benzene rings is 1. The first kappa shape index (κ1) is 14.8. The van der Waals surface area contributed by atoms with E-state index in [9.17, 15) is 9.59 Å². The Hall–Kier alpha value is -2.08. The highest BCUT2D eigenvalue weighted by Gasteiger charge is 2.33. The lowest BCUT2D eigenvalue weighted by atomic mass is 9.99. The molecule has 0 spiro atoms. The number of fused-ring (bicyclic) bond motifs is 1. The third-order valence-corrected chi connectivity index (χ3v) is 4.16. The molecule has 2 N–H and O–H groups in total. The Labute approximate surface area is 129 Å². The van der Waals surface area contributed by atoms with Crippen molar-refractivity contribution in [2.24, 2.45) is 5.73 Å². The number of ether oxygens (including phenoxy) is 1. The lowest BCUT2D eigenvalue weighted by Crippen LogP contribution is -2.40. The summed E-state index contributed by atoms with van der Waals surface area (Å²) in [6.45, 7) is 4.80. The van der Waals surface area contributed by atoms with Gasteiger partial charge in [-0.1, -0.05) is 0 Å². The number of nitrogens with zero attached hydrogens (tertiary/aromatic N) is 2. The number of carbonyl (C=O) groups excluding carboxylic acids is 2. The smallest absolute Gasteiger partial charge is 0.414 e. The number of anilines is 2. The minimum absolute atomic E-state index is 0.121. The second kappa shape index (κ2) is 5.61. The quantitative estimate of drug-likeness (QED) is 0.921. The van der Waals surface area contributed by atoms with E-state index in [0.29, 0.717) is 25.9 Å². The second-order valence-corrected chi connectivity index (χ2v) is 6.02. The molecular formula is C16H21N3O3. The number of nitrogens with two attached hydrogens (primary N) is 1. The van der Waals surface area contributed by atoms with Gasteiger partial charge in [-0.3, -0.25) is 9.69 Å². The van der Waals surface area contributed by atoms with E-state index in [-0.39, 0.29) is 24.1 Å². The van der Waals surface area contributed by atoms with Crippen molar-refractivity contribution in [3.8, 4) is 0 Å². The Balaban J connectivity index is 1.92. The molecule has 2 aliphatic rings. The number of amides is 2. The van der Waals surface area contributed by atoms with E-state index >= 15 is 0 Å². The van der Waals surface area contributed by atoms with Crippen molar-refractivity contribution in [3.05, 3.63) is 23.8 Å². The van der Waals surface area contributed by atoms with Crippen molar-refractivity contribution in [1.29, 1.82) is 0 Å². The van der Waals surface area contributed by atoms with Crippen LogP contribution in [0.1, 0.15) is 25.8 Å². The van der Waals surface area contributed by atoms with Crippen LogP contribution in [0.4, 0.5) is 16.2 Å². The fraction of sp³-hybridized carbons (Fsp3) is 0.500. The summed E-state index contributed by atoms with van der Waals surface area (Å²) in [6.07, 6.45) is 0.596. The van der Waals surface area contributed by atoms with Crippen LogP contribution in [0.3, 0.4) is 0 Å². The predicted molar refractivity (Wildman–Crippen MR) is 84.1 cm³/mol. The molecule has 2 amide bonds. The van der Waals surface area contributed by atoms with E-state index in [2.05, 4.69) is 0 Å². The maximum atomic E-state index is 12.1. The van der Waals surface area contributed by atoms with Gasteiger partial charge in [-0.05, 0) is 44.0 Å². The molecule has 1 saturated heterocycles.